The predicted octanol–water partition coefficient (Wildman–Crippen LogP) is 3.33. The lowest BCUT2D eigenvalue weighted by molar-refractivity contribution is 0.100. The fraction of sp³-hybridized carbons (Fsp3) is 0.269. The lowest BCUT2D eigenvalue weighted by Gasteiger charge is -2.16. The van der Waals surface area contributed by atoms with Crippen LogP contribution in [0.3, 0.4) is 0 Å². The number of carbonyl (C=O) groups excluding carboxylic acids is 1. The van der Waals surface area contributed by atoms with E-state index in [1.807, 2.05) is 31.2 Å². The fourth-order valence-electron chi connectivity index (χ4n) is 4.79. The predicted molar refractivity (Wildman–Crippen MR) is 141 cm³/mol. The molecule has 0 saturated carbocycles. The molecule has 0 radical (unpaired) electrons. The van der Waals surface area contributed by atoms with Gasteiger partial charge in [-0.3, -0.25) is 4.79 Å². The molecule has 2 heterocycles. The topological polar surface area (TPSA) is 121 Å². The van der Waals surface area contributed by atoms with Crippen LogP contribution >= 0.6 is 11.3 Å². The molecule has 9 heteroatoms. The number of fused-ring (bicyclic) bond motifs is 2. The summed E-state index contributed by atoms with van der Waals surface area (Å²) in [5.74, 6) is 1.02. The van der Waals surface area contributed by atoms with Gasteiger partial charge in [0.05, 0.1) is 5.56 Å². The van der Waals surface area contributed by atoms with Crippen molar-refractivity contribution < 1.29 is 14.8 Å². The molecule has 0 atom stereocenters. The first-order valence-electron chi connectivity index (χ1n) is 11.8. The maximum absolute atomic E-state index is 12.0. The van der Waals surface area contributed by atoms with Crippen LogP contribution in [-0.2, 0) is 19.4 Å². The minimum atomic E-state index is -1.50. The van der Waals surface area contributed by atoms with Crippen molar-refractivity contribution in [3.63, 3.8) is 0 Å². The third-order valence-corrected chi connectivity index (χ3v) is 7.68. The quantitative estimate of drug-likeness (QED) is 0.245. The molecular weight excluding hydrogens is 459 g/mol. The number of hydrogen-bond acceptors (Lipinski definition) is 7. The van der Waals surface area contributed by atoms with E-state index in [0.717, 1.165) is 75.3 Å². The van der Waals surface area contributed by atoms with E-state index in [2.05, 4.69) is 5.32 Å². The zero-order chi connectivity index (χ0) is 24.5. The van der Waals surface area contributed by atoms with E-state index < -0.39 is 13.0 Å². The van der Waals surface area contributed by atoms with Gasteiger partial charge in [0.2, 0.25) is 5.91 Å². The summed E-state index contributed by atoms with van der Waals surface area (Å²) in [4.78, 5) is 23.1. The molecule has 0 saturated heterocycles. The van der Waals surface area contributed by atoms with Crippen molar-refractivity contribution in [3.05, 3.63) is 69.7 Å². The second-order valence-corrected chi connectivity index (χ2v) is 10.2. The maximum atomic E-state index is 12.0. The van der Waals surface area contributed by atoms with Crippen LogP contribution in [-0.4, -0.2) is 33.0 Å². The van der Waals surface area contributed by atoms with Crippen LogP contribution in [0, 0.1) is 6.92 Å². The van der Waals surface area contributed by atoms with Gasteiger partial charge < -0.3 is 21.1 Å². The van der Waals surface area contributed by atoms with Gasteiger partial charge in [0.25, 0.3) is 0 Å². The van der Waals surface area contributed by atoms with Crippen molar-refractivity contribution in [2.75, 3.05) is 5.32 Å². The number of aromatic nitrogens is 2. The van der Waals surface area contributed by atoms with E-state index in [-0.39, 0.29) is 0 Å². The normalized spacial score (nSPS) is 13.3. The minimum absolute atomic E-state index is 0.441. The highest BCUT2D eigenvalue weighted by molar-refractivity contribution is 7.20. The van der Waals surface area contributed by atoms with Gasteiger partial charge >= 0.3 is 7.12 Å². The number of hydrogen-bond donors (Lipinski definition) is 4. The summed E-state index contributed by atoms with van der Waals surface area (Å²) in [7, 11) is -1.50. The Morgan fingerprint density at radius 2 is 1.91 bits per heavy atom. The molecule has 2 aromatic heterocycles. The van der Waals surface area contributed by atoms with E-state index in [1.54, 1.807) is 29.5 Å². The zero-order valence-electron chi connectivity index (χ0n) is 19.5. The van der Waals surface area contributed by atoms with Gasteiger partial charge in [-0.25, -0.2) is 9.97 Å². The third kappa shape index (κ3) is 4.67. The van der Waals surface area contributed by atoms with Gasteiger partial charge in [0.1, 0.15) is 5.82 Å². The summed E-state index contributed by atoms with van der Waals surface area (Å²) in [5, 5.41) is 23.5. The lowest BCUT2D eigenvalue weighted by Crippen LogP contribution is -2.30. The van der Waals surface area contributed by atoms with Crippen LogP contribution in [0.15, 0.2) is 42.5 Å². The van der Waals surface area contributed by atoms with Crippen LogP contribution < -0.4 is 16.5 Å². The Balaban J connectivity index is 1.59. The van der Waals surface area contributed by atoms with Crippen LogP contribution in [0.5, 0.6) is 0 Å². The number of thiophene rings is 1. The highest BCUT2D eigenvalue weighted by atomic mass is 32.1. The Kier molecular flexibility index (Phi) is 6.55. The largest absolute Gasteiger partial charge is 0.488 e. The van der Waals surface area contributed by atoms with Crippen LogP contribution in [0.25, 0.3) is 21.5 Å². The number of carbonyl (C=O) groups is 1. The molecule has 0 bridgehead atoms. The number of amides is 1. The Morgan fingerprint density at radius 1 is 1.11 bits per heavy atom. The Bertz CT molecular complexity index is 1420. The number of nitrogens with one attached hydrogen (secondary N) is 1. The van der Waals surface area contributed by atoms with Crippen molar-refractivity contribution in [3.8, 4) is 11.4 Å². The number of aryl methyl sites for hydroxylation is 2. The van der Waals surface area contributed by atoms with E-state index in [4.69, 9.17) is 15.7 Å². The molecule has 1 aliphatic rings. The van der Waals surface area contributed by atoms with Crippen molar-refractivity contribution >= 4 is 45.7 Å². The van der Waals surface area contributed by atoms with E-state index in [9.17, 15) is 14.8 Å². The minimum Gasteiger partial charge on any atom is -0.423 e. The van der Waals surface area contributed by atoms with Gasteiger partial charge in [-0.2, -0.15) is 0 Å². The number of rotatable bonds is 6. The van der Waals surface area contributed by atoms with E-state index >= 15 is 0 Å². The molecule has 7 nitrogen and oxygen atoms in total. The summed E-state index contributed by atoms with van der Waals surface area (Å²) in [5.41, 5.74) is 10.7. The van der Waals surface area contributed by atoms with Gasteiger partial charge in [0.15, 0.2) is 5.82 Å². The van der Waals surface area contributed by atoms with Gasteiger partial charge in [-0.15, -0.1) is 11.3 Å². The highest BCUT2D eigenvalue weighted by Crippen LogP contribution is 2.40. The molecule has 4 aromatic rings. The average Bonchev–Trinajstić information content (AvgIpc) is 3.00. The summed E-state index contributed by atoms with van der Waals surface area (Å²) in [6, 6.07) is 12.8. The molecule has 0 unspecified atom stereocenters. The van der Waals surface area contributed by atoms with E-state index in [0.29, 0.717) is 23.4 Å². The lowest BCUT2D eigenvalue weighted by atomic mass is 9.79. The number of benzene rings is 2. The second kappa shape index (κ2) is 9.77. The summed E-state index contributed by atoms with van der Waals surface area (Å²) < 4.78 is 0.861. The Hall–Kier alpha value is -3.27. The van der Waals surface area contributed by atoms with Gasteiger partial charge in [-0.1, -0.05) is 42.8 Å². The molecular formula is C26H27BN4O3S. The first-order chi connectivity index (χ1) is 16.9. The first kappa shape index (κ1) is 23.5. The van der Waals surface area contributed by atoms with E-state index in [1.165, 1.54) is 0 Å². The highest BCUT2D eigenvalue weighted by Gasteiger charge is 2.22. The smallest absolute Gasteiger partial charge is 0.423 e. The molecule has 178 valence electrons. The number of anilines is 1. The summed E-state index contributed by atoms with van der Waals surface area (Å²) in [6.45, 7) is 2.53. The third-order valence-electron chi connectivity index (χ3n) is 6.52. The molecule has 2 aromatic carbocycles. The molecule has 5 rings (SSSR count). The van der Waals surface area contributed by atoms with Gasteiger partial charge in [0, 0.05) is 38.3 Å². The van der Waals surface area contributed by atoms with Crippen LogP contribution in [0.2, 0.25) is 0 Å². The monoisotopic (exact) mass is 486 g/mol. The number of primary amides is 1. The van der Waals surface area contributed by atoms with Crippen molar-refractivity contribution in [1.29, 1.82) is 0 Å². The zero-order valence-corrected chi connectivity index (χ0v) is 20.4. The van der Waals surface area contributed by atoms with Crippen LogP contribution in [0.4, 0.5) is 5.82 Å². The molecule has 1 amide bonds. The Morgan fingerprint density at radius 3 is 2.71 bits per heavy atom. The molecule has 0 aliphatic heterocycles. The Labute approximate surface area is 208 Å². The SMILES string of the molecule is Cc1sc2c(C(N)=O)cccc2c1-c1nc2c(c(NCc3cccc(B(O)O)c3)n1)CCCCC2. The summed E-state index contributed by atoms with van der Waals surface area (Å²) >= 11 is 1.54. The van der Waals surface area contributed by atoms with Crippen molar-refractivity contribution in [2.45, 2.75) is 45.6 Å². The molecule has 1 aliphatic carbocycles. The maximum Gasteiger partial charge on any atom is 0.488 e. The van der Waals surface area contributed by atoms with Gasteiger partial charge in [-0.05, 0) is 49.7 Å². The van der Waals surface area contributed by atoms with Crippen molar-refractivity contribution in [2.24, 2.45) is 5.73 Å². The van der Waals surface area contributed by atoms with Crippen LogP contribution in [0.1, 0.15) is 51.3 Å². The molecule has 5 N–H and O–H groups in total. The fourth-order valence-corrected chi connectivity index (χ4v) is 5.96. The first-order valence-corrected chi connectivity index (χ1v) is 12.6. The second-order valence-electron chi connectivity index (χ2n) is 8.93. The molecule has 35 heavy (non-hydrogen) atoms. The molecule has 0 spiro atoms. The summed E-state index contributed by atoms with van der Waals surface area (Å²) in [6.07, 6.45) is 5.17. The number of nitrogens with two attached hydrogens (primary N) is 1. The standard InChI is InChI=1S/C26H27BN4O3S/c1-15-22(19-10-6-11-20(24(28)32)23(19)35-15)26-30-21-12-4-2-3-9-18(21)25(31-26)29-14-16-7-5-8-17(13-16)27(33)34/h5-8,10-11,13,33-34H,2-4,9,12,14H2,1H3,(H2,28,32)(H,29,30,31). The van der Waals surface area contributed by atoms with Crippen molar-refractivity contribution in [1.82, 2.24) is 9.97 Å². The average molecular weight is 486 g/mol. The molecule has 0 fully saturated rings. The number of nitrogens with zero attached hydrogens (tertiary/aromatic N) is 2.